The lowest BCUT2D eigenvalue weighted by Crippen LogP contribution is -2.59. The van der Waals surface area contributed by atoms with Gasteiger partial charge in [-0.25, -0.2) is 9.78 Å². The fraction of sp³-hybridized carbons (Fsp3) is 0.667. The van der Waals surface area contributed by atoms with E-state index in [1.54, 1.807) is 13.8 Å². The van der Waals surface area contributed by atoms with E-state index >= 15 is 0 Å². The van der Waals surface area contributed by atoms with E-state index in [-0.39, 0.29) is 18.8 Å². The third-order valence-corrected chi connectivity index (χ3v) is 5.26. The van der Waals surface area contributed by atoms with E-state index in [0.717, 1.165) is 0 Å². The van der Waals surface area contributed by atoms with Gasteiger partial charge in [-0.2, -0.15) is 0 Å². The lowest BCUT2D eigenvalue weighted by atomic mass is 10.0. The van der Waals surface area contributed by atoms with Gasteiger partial charge >= 0.3 is 5.97 Å². The van der Waals surface area contributed by atoms with Crippen LogP contribution in [-0.4, -0.2) is 80.7 Å². The molecule has 0 saturated heterocycles. The van der Waals surface area contributed by atoms with E-state index in [9.17, 15) is 29.4 Å². The molecule has 1 aromatic rings. The Bertz CT molecular complexity index is 800. The zero-order chi connectivity index (χ0) is 25.8. The molecule has 3 amide bonds. The molecule has 0 fully saturated rings. The topological polar surface area (TPSA) is 226 Å². The standard InChI is InChI=1S/C21H37N7O6/c1-11(2)16(23)20(32)27-15(8-13-9-24-10-25-13)19(31)26-14(6-4-5-7-22)18(30)28-17(12(3)29)21(33)34/h9-12,14-17,29H,4-8,22-23H2,1-3H3,(H,24,25)(H,26,31)(H,27,32)(H,28,30)(H,33,34). The van der Waals surface area contributed by atoms with E-state index in [4.69, 9.17) is 11.5 Å². The first-order valence-corrected chi connectivity index (χ1v) is 11.2. The van der Waals surface area contributed by atoms with Gasteiger partial charge in [0.25, 0.3) is 0 Å². The molecule has 13 heteroatoms. The zero-order valence-electron chi connectivity index (χ0n) is 19.8. The van der Waals surface area contributed by atoms with Gasteiger partial charge in [-0.1, -0.05) is 13.8 Å². The first kappa shape index (κ1) is 29.0. The van der Waals surface area contributed by atoms with Gasteiger partial charge in [-0.3, -0.25) is 14.4 Å². The number of carbonyl (C=O) groups is 4. The third kappa shape index (κ3) is 9.45. The van der Waals surface area contributed by atoms with Crippen LogP contribution in [0.5, 0.6) is 0 Å². The number of imidazole rings is 1. The highest BCUT2D eigenvalue weighted by atomic mass is 16.4. The van der Waals surface area contributed by atoms with Crippen molar-refractivity contribution in [2.24, 2.45) is 17.4 Å². The Kier molecular flexibility index (Phi) is 12.2. The molecule has 1 aromatic heterocycles. The molecule has 34 heavy (non-hydrogen) atoms. The number of carboxylic acids is 1. The van der Waals surface area contributed by atoms with E-state index < -0.39 is 54.0 Å². The van der Waals surface area contributed by atoms with E-state index in [0.29, 0.717) is 25.1 Å². The Balaban J connectivity index is 3.05. The number of nitrogens with one attached hydrogen (secondary N) is 4. The van der Waals surface area contributed by atoms with Crippen molar-refractivity contribution in [2.75, 3.05) is 6.54 Å². The number of unbranched alkanes of at least 4 members (excludes halogenated alkanes) is 1. The van der Waals surface area contributed by atoms with Crippen molar-refractivity contribution in [1.29, 1.82) is 0 Å². The fourth-order valence-corrected chi connectivity index (χ4v) is 3.07. The van der Waals surface area contributed by atoms with Crippen molar-refractivity contribution in [3.8, 4) is 0 Å². The van der Waals surface area contributed by atoms with Crippen molar-refractivity contribution >= 4 is 23.7 Å². The molecule has 0 saturated carbocycles. The number of aromatic nitrogens is 2. The van der Waals surface area contributed by atoms with Crippen molar-refractivity contribution in [2.45, 2.75) is 76.7 Å². The molecular weight excluding hydrogens is 446 g/mol. The smallest absolute Gasteiger partial charge is 0.328 e. The van der Waals surface area contributed by atoms with Crippen LogP contribution in [0.3, 0.4) is 0 Å². The van der Waals surface area contributed by atoms with Crippen LogP contribution in [0.1, 0.15) is 45.7 Å². The number of aliphatic carboxylic acids is 1. The van der Waals surface area contributed by atoms with E-state index in [2.05, 4.69) is 25.9 Å². The minimum Gasteiger partial charge on any atom is -0.480 e. The highest BCUT2D eigenvalue weighted by Crippen LogP contribution is 2.07. The SMILES string of the molecule is CC(C)C(N)C(=O)NC(Cc1cnc[nH]1)C(=O)NC(CCCCN)C(=O)NC(C(=O)O)C(C)O. The summed E-state index contributed by atoms with van der Waals surface area (Å²) >= 11 is 0. The number of hydrogen-bond acceptors (Lipinski definition) is 8. The Morgan fingerprint density at radius 2 is 1.65 bits per heavy atom. The highest BCUT2D eigenvalue weighted by Gasteiger charge is 2.32. The van der Waals surface area contributed by atoms with Crippen LogP contribution in [0, 0.1) is 5.92 Å². The summed E-state index contributed by atoms with van der Waals surface area (Å²) in [6.45, 7) is 5.15. The minimum absolute atomic E-state index is 0.0605. The normalized spacial score (nSPS) is 15.6. The average Bonchev–Trinajstić information content (AvgIpc) is 3.28. The average molecular weight is 484 g/mol. The van der Waals surface area contributed by atoms with Crippen molar-refractivity contribution < 1.29 is 29.4 Å². The molecular formula is C21H37N7O6. The van der Waals surface area contributed by atoms with Crippen molar-refractivity contribution in [3.05, 3.63) is 18.2 Å². The van der Waals surface area contributed by atoms with Gasteiger partial charge in [0, 0.05) is 18.3 Å². The molecule has 13 nitrogen and oxygen atoms in total. The third-order valence-electron chi connectivity index (χ3n) is 5.26. The molecule has 5 atom stereocenters. The maximum atomic E-state index is 13.1. The molecule has 10 N–H and O–H groups in total. The van der Waals surface area contributed by atoms with Crippen LogP contribution in [-0.2, 0) is 25.6 Å². The Morgan fingerprint density at radius 3 is 2.15 bits per heavy atom. The maximum absolute atomic E-state index is 13.1. The summed E-state index contributed by atoms with van der Waals surface area (Å²) < 4.78 is 0. The lowest BCUT2D eigenvalue weighted by Gasteiger charge is -2.26. The number of aliphatic hydroxyl groups excluding tert-OH is 1. The number of H-pyrrole nitrogens is 1. The molecule has 0 radical (unpaired) electrons. The number of nitrogens with two attached hydrogens (primary N) is 2. The molecule has 1 rings (SSSR count). The quantitative estimate of drug-likeness (QED) is 0.129. The Hall–Kier alpha value is -3.03. The van der Waals surface area contributed by atoms with Crippen molar-refractivity contribution in [3.63, 3.8) is 0 Å². The summed E-state index contributed by atoms with van der Waals surface area (Å²) in [6.07, 6.45) is 2.87. The molecule has 0 aliphatic rings. The summed E-state index contributed by atoms with van der Waals surface area (Å²) in [5.41, 5.74) is 12.0. The summed E-state index contributed by atoms with van der Waals surface area (Å²) in [5, 5.41) is 26.4. The molecule has 0 aliphatic heterocycles. The molecule has 192 valence electrons. The van der Waals surface area contributed by atoms with Crippen LogP contribution >= 0.6 is 0 Å². The molecule has 0 spiro atoms. The van der Waals surface area contributed by atoms with Crippen molar-refractivity contribution in [1.82, 2.24) is 25.9 Å². The van der Waals surface area contributed by atoms with Gasteiger partial charge in [-0.15, -0.1) is 0 Å². The number of aliphatic hydroxyl groups is 1. The number of aromatic amines is 1. The fourth-order valence-electron chi connectivity index (χ4n) is 3.07. The first-order chi connectivity index (χ1) is 16.0. The Morgan fingerprint density at radius 1 is 1.03 bits per heavy atom. The Labute approximate surface area is 198 Å². The van der Waals surface area contributed by atoms with Gasteiger partial charge < -0.3 is 42.6 Å². The first-order valence-electron chi connectivity index (χ1n) is 11.2. The van der Waals surface area contributed by atoms with Crippen LogP contribution in [0.4, 0.5) is 0 Å². The summed E-state index contributed by atoms with van der Waals surface area (Å²) in [6, 6.07) is -4.58. The number of nitrogens with zero attached hydrogens (tertiary/aromatic N) is 1. The van der Waals surface area contributed by atoms with Crippen LogP contribution in [0.2, 0.25) is 0 Å². The van der Waals surface area contributed by atoms with E-state index in [1.165, 1.54) is 19.4 Å². The number of carboxylic acid groups (broad SMARTS) is 1. The summed E-state index contributed by atoms with van der Waals surface area (Å²) in [4.78, 5) is 56.6. The minimum atomic E-state index is -1.55. The molecule has 1 heterocycles. The molecule has 0 aliphatic carbocycles. The number of carbonyl (C=O) groups excluding carboxylic acids is 3. The van der Waals surface area contributed by atoms with Gasteiger partial charge in [-0.05, 0) is 38.6 Å². The number of amides is 3. The highest BCUT2D eigenvalue weighted by molar-refractivity contribution is 5.94. The second kappa shape index (κ2) is 14.3. The summed E-state index contributed by atoms with van der Waals surface area (Å²) in [5.74, 6) is -3.54. The van der Waals surface area contributed by atoms with Gasteiger partial charge in [0.15, 0.2) is 6.04 Å². The van der Waals surface area contributed by atoms with Gasteiger partial charge in [0.1, 0.15) is 12.1 Å². The van der Waals surface area contributed by atoms with Crippen LogP contribution < -0.4 is 27.4 Å². The predicted octanol–water partition coefficient (Wildman–Crippen LogP) is -2.02. The van der Waals surface area contributed by atoms with Gasteiger partial charge in [0.05, 0.1) is 18.5 Å². The van der Waals surface area contributed by atoms with E-state index in [1.807, 2.05) is 0 Å². The molecule has 0 aromatic carbocycles. The zero-order valence-corrected chi connectivity index (χ0v) is 19.8. The largest absolute Gasteiger partial charge is 0.480 e. The molecule has 5 unspecified atom stereocenters. The predicted molar refractivity (Wildman–Crippen MR) is 123 cm³/mol. The second-order valence-electron chi connectivity index (χ2n) is 8.52. The van der Waals surface area contributed by atoms with Crippen LogP contribution in [0.25, 0.3) is 0 Å². The number of rotatable bonds is 15. The van der Waals surface area contributed by atoms with Crippen LogP contribution in [0.15, 0.2) is 12.5 Å². The second-order valence-corrected chi connectivity index (χ2v) is 8.52. The number of hydrogen-bond donors (Lipinski definition) is 8. The van der Waals surface area contributed by atoms with Gasteiger partial charge in [0.2, 0.25) is 17.7 Å². The monoisotopic (exact) mass is 483 g/mol. The summed E-state index contributed by atoms with van der Waals surface area (Å²) in [7, 11) is 0. The molecule has 0 bridgehead atoms. The maximum Gasteiger partial charge on any atom is 0.328 e. The lowest BCUT2D eigenvalue weighted by molar-refractivity contribution is -0.145.